The van der Waals surface area contributed by atoms with Crippen molar-refractivity contribution in [1.29, 1.82) is 0 Å². The van der Waals surface area contributed by atoms with E-state index in [1.54, 1.807) is 12.2 Å². The van der Waals surface area contributed by atoms with E-state index >= 15 is 0 Å². The number of ether oxygens (including phenoxy) is 1. The summed E-state index contributed by atoms with van der Waals surface area (Å²) >= 11 is 0. The molecule has 1 unspecified atom stereocenters. The first-order valence-electron chi connectivity index (χ1n) is 11.0. The van der Waals surface area contributed by atoms with Crippen molar-refractivity contribution in [3.05, 3.63) is 84.6 Å². The average Bonchev–Trinajstić information content (AvgIpc) is 2.78. The lowest BCUT2D eigenvalue weighted by Gasteiger charge is -2.29. The van der Waals surface area contributed by atoms with Crippen molar-refractivity contribution in [1.82, 2.24) is 4.90 Å². The Morgan fingerprint density at radius 1 is 1.19 bits per heavy atom. The van der Waals surface area contributed by atoms with Crippen LogP contribution in [0.25, 0.3) is 0 Å². The van der Waals surface area contributed by atoms with Crippen LogP contribution in [0.3, 0.4) is 0 Å². The van der Waals surface area contributed by atoms with Crippen molar-refractivity contribution < 1.29 is 4.74 Å². The van der Waals surface area contributed by atoms with Gasteiger partial charge in [0.1, 0.15) is 5.82 Å². The molecule has 0 aromatic heterocycles. The number of nitrogens with zero attached hydrogens (tertiary/aromatic N) is 3. The van der Waals surface area contributed by atoms with E-state index in [1.165, 1.54) is 0 Å². The second kappa shape index (κ2) is 14.8. The molecule has 0 aromatic rings. The number of rotatable bonds is 11. The van der Waals surface area contributed by atoms with Gasteiger partial charge in [0, 0.05) is 30.2 Å². The summed E-state index contributed by atoms with van der Waals surface area (Å²) in [4.78, 5) is 11.8. The molecule has 1 rings (SSSR count). The summed E-state index contributed by atoms with van der Waals surface area (Å²) in [5.41, 5.74) is 16.1. The van der Waals surface area contributed by atoms with E-state index in [0.29, 0.717) is 18.9 Å². The van der Waals surface area contributed by atoms with Crippen LogP contribution in [0.5, 0.6) is 0 Å². The highest BCUT2D eigenvalue weighted by atomic mass is 16.5. The Morgan fingerprint density at radius 2 is 1.88 bits per heavy atom. The minimum Gasteiger partial charge on any atom is -0.402 e. The van der Waals surface area contributed by atoms with E-state index in [0.717, 1.165) is 48.0 Å². The highest BCUT2D eigenvalue weighted by molar-refractivity contribution is 6.04. The van der Waals surface area contributed by atoms with Gasteiger partial charge in [-0.1, -0.05) is 44.4 Å². The van der Waals surface area contributed by atoms with Gasteiger partial charge in [-0.25, -0.2) is 4.99 Å². The predicted molar refractivity (Wildman–Crippen MR) is 139 cm³/mol. The molecule has 4 N–H and O–H groups in total. The Morgan fingerprint density at radius 3 is 2.44 bits per heavy atom. The molecular formula is C26H39N5O. The topological polar surface area (TPSA) is 89.2 Å². The van der Waals surface area contributed by atoms with E-state index < -0.39 is 0 Å². The van der Waals surface area contributed by atoms with Gasteiger partial charge in [-0.3, -0.25) is 4.99 Å². The molecule has 1 saturated heterocycles. The molecule has 0 amide bonds. The van der Waals surface area contributed by atoms with Crippen molar-refractivity contribution in [2.45, 2.75) is 40.2 Å². The second-order valence-electron chi connectivity index (χ2n) is 7.41. The standard InChI is InChI=1S/C26H39N5O/c1-7-11-22(12-8-2)25(28)17-20(5)30-26(31-13-15-32-16-14-31)18-21(6)29-24(10-4)19-23(27)9-3/h7-8,10-12,17-19,21H,1,4,9,13-16,27-28H2,2-3,5-6H3/b12-8-,22-11+,23-19-,25-17-,26-18+,29-24?,30-20+. The fraction of sp³-hybridized carbons (Fsp3) is 0.385. The first kappa shape index (κ1) is 26.9. The van der Waals surface area contributed by atoms with Crippen molar-refractivity contribution in [2.24, 2.45) is 21.5 Å². The molecule has 1 atom stereocenters. The number of hydrogen-bond acceptors (Lipinski definition) is 6. The van der Waals surface area contributed by atoms with Crippen LogP contribution >= 0.6 is 0 Å². The van der Waals surface area contributed by atoms with Gasteiger partial charge in [-0.05, 0) is 57.1 Å². The molecule has 1 heterocycles. The van der Waals surface area contributed by atoms with Crippen LogP contribution in [0.15, 0.2) is 94.5 Å². The highest BCUT2D eigenvalue weighted by Gasteiger charge is 2.14. The van der Waals surface area contributed by atoms with E-state index in [-0.39, 0.29) is 6.04 Å². The van der Waals surface area contributed by atoms with Gasteiger partial charge in [0.15, 0.2) is 0 Å². The van der Waals surface area contributed by atoms with Crippen molar-refractivity contribution in [3.8, 4) is 0 Å². The van der Waals surface area contributed by atoms with Crippen molar-refractivity contribution in [2.75, 3.05) is 26.3 Å². The third-order valence-electron chi connectivity index (χ3n) is 4.66. The molecular weight excluding hydrogens is 398 g/mol. The molecule has 6 heteroatoms. The summed E-state index contributed by atoms with van der Waals surface area (Å²) in [5, 5.41) is 0. The quantitative estimate of drug-likeness (QED) is 0.370. The van der Waals surface area contributed by atoms with Gasteiger partial charge >= 0.3 is 0 Å². The molecule has 0 saturated carbocycles. The van der Waals surface area contributed by atoms with Crippen LogP contribution in [0.4, 0.5) is 0 Å². The second-order valence-corrected chi connectivity index (χ2v) is 7.41. The third-order valence-corrected chi connectivity index (χ3v) is 4.66. The summed E-state index contributed by atoms with van der Waals surface area (Å²) in [6.07, 6.45) is 15.7. The monoisotopic (exact) mass is 437 g/mol. The lowest BCUT2D eigenvalue weighted by Crippen LogP contribution is -2.35. The van der Waals surface area contributed by atoms with Gasteiger partial charge in [0.2, 0.25) is 0 Å². The van der Waals surface area contributed by atoms with Gasteiger partial charge in [0.25, 0.3) is 0 Å². The van der Waals surface area contributed by atoms with Gasteiger partial charge in [0.05, 0.1) is 25.0 Å². The molecule has 1 aliphatic rings. The number of hydrogen-bond donors (Lipinski definition) is 2. The molecule has 0 aliphatic carbocycles. The average molecular weight is 438 g/mol. The van der Waals surface area contributed by atoms with Crippen LogP contribution in [0.2, 0.25) is 0 Å². The summed E-state index contributed by atoms with van der Waals surface area (Å²) in [5.74, 6) is 0.849. The van der Waals surface area contributed by atoms with Crippen LogP contribution in [0, 0.1) is 0 Å². The Kier molecular flexibility index (Phi) is 12.5. The molecule has 1 aliphatic heterocycles. The predicted octanol–water partition coefficient (Wildman–Crippen LogP) is 4.42. The van der Waals surface area contributed by atoms with Gasteiger partial charge in [-0.2, -0.15) is 0 Å². The highest BCUT2D eigenvalue weighted by Crippen LogP contribution is 2.14. The Hall–Kier alpha value is -3.12. The largest absolute Gasteiger partial charge is 0.402 e. The molecule has 1 fully saturated rings. The smallest absolute Gasteiger partial charge is 0.127 e. The van der Waals surface area contributed by atoms with Crippen molar-refractivity contribution in [3.63, 3.8) is 0 Å². The van der Waals surface area contributed by atoms with E-state index in [1.807, 2.05) is 64.2 Å². The first-order chi connectivity index (χ1) is 15.3. The SMILES string of the molecule is C=C/C=C(\C=C/C)C(/N)=C/C(C)=N/C(=C\C(C)N=C(C=C)/C=C(\N)CC)N1CCOCC1. The van der Waals surface area contributed by atoms with Crippen molar-refractivity contribution >= 4 is 11.4 Å². The Labute approximate surface area is 193 Å². The van der Waals surface area contributed by atoms with Crippen LogP contribution < -0.4 is 11.5 Å². The number of allylic oxidation sites excluding steroid dienone is 8. The zero-order valence-corrected chi connectivity index (χ0v) is 20.1. The Balaban J connectivity index is 3.31. The molecule has 0 spiro atoms. The maximum atomic E-state index is 6.30. The van der Waals surface area contributed by atoms with E-state index in [2.05, 4.69) is 18.1 Å². The molecule has 0 bridgehead atoms. The van der Waals surface area contributed by atoms with Gasteiger partial charge < -0.3 is 21.1 Å². The fourth-order valence-corrected chi connectivity index (χ4v) is 3.01. The van der Waals surface area contributed by atoms with E-state index in [4.69, 9.17) is 26.2 Å². The minimum absolute atomic E-state index is 0.112. The summed E-state index contributed by atoms with van der Waals surface area (Å²) in [6.45, 7) is 18.4. The molecule has 32 heavy (non-hydrogen) atoms. The molecule has 6 nitrogen and oxygen atoms in total. The van der Waals surface area contributed by atoms with Crippen LogP contribution in [0.1, 0.15) is 34.1 Å². The van der Waals surface area contributed by atoms with E-state index in [9.17, 15) is 0 Å². The van der Waals surface area contributed by atoms with Crippen LogP contribution in [-0.2, 0) is 4.74 Å². The summed E-state index contributed by atoms with van der Waals surface area (Å²) in [6, 6.07) is -0.112. The lowest BCUT2D eigenvalue weighted by atomic mass is 10.1. The number of aliphatic imine (C=N–C) groups is 2. The fourth-order valence-electron chi connectivity index (χ4n) is 3.01. The maximum absolute atomic E-state index is 6.30. The zero-order valence-electron chi connectivity index (χ0n) is 20.1. The normalized spacial score (nSPS) is 18.8. The summed E-state index contributed by atoms with van der Waals surface area (Å²) < 4.78 is 5.51. The minimum atomic E-state index is -0.112. The molecule has 0 aromatic carbocycles. The Bertz CT molecular complexity index is 849. The molecule has 174 valence electrons. The maximum Gasteiger partial charge on any atom is 0.127 e. The first-order valence-corrected chi connectivity index (χ1v) is 11.0. The third kappa shape index (κ3) is 9.79. The zero-order chi connectivity index (χ0) is 23.9. The number of morpholine rings is 1. The summed E-state index contributed by atoms with van der Waals surface area (Å²) in [7, 11) is 0. The van der Waals surface area contributed by atoms with Gasteiger partial charge in [-0.15, -0.1) is 0 Å². The molecule has 0 radical (unpaired) electrons. The van der Waals surface area contributed by atoms with Crippen LogP contribution in [-0.4, -0.2) is 48.7 Å². The lowest BCUT2D eigenvalue weighted by molar-refractivity contribution is 0.0529. The number of nitrogens with two attached hydrogens (primary N) is 2.